The van der Waals surface area contributed by atoms with Crippen molar-refractivity contribution in [2.75, 3.05) is 13.2 Å². The topological polar surface area (TPSA) is 75.3 Å². The fraction of sp³-hybridized carbons (Fsp3) is 0.552. The van der Waals surface area contributed by atoms with Gasteiger partial charge in [0.1, 0.15) is 23.6 Å². The SMILES string of the molecule is CC1(C)O[C@@H]2C[C@@](OCc3ccc(F)cc3)(C(=O)NCC3CCCO3)CC(OCc3c(F)cccc3F)[C@@H]2O1. The Hall–Kier alpha value is -2.50. The molecule has 1 amide bonds. The highest BCUT2D eigenvalue weighted by molar-refractivity contribution is 5.85. The lowest BCUT2D eigenvalue weighted by atomic mass is 9.78. The van der Waals surface area contributed by atoms with E-state index >= 15 is 0 Å². The lowest BCUT2D eigenvalue weighted by Crippen LogP contribution is -2.60. The van der Waals surface area contributed by atoms with E-state index < -0.39 is 41.3 Å². The summed E-state index contributed by atoms with van der Waals surface area (Å²) in [6.07, 6.45) is -0.00445. The Labute approximate surface area is 225 Å². The van der Waals surface area contributed by atoms with Crippen molar-refractivity contribution in [3.05, 3.63) is 71.0 Å². The molecule has 0 radical (unpaired) electrons. The van der Waals surface area contributed by atoms with Crippen LogP contribution >= 0.6 is 0 Å². The summed E-state index contributed by atoms with van der Waals surface area (Å²) in [4.78, 5) is 13.8. The molecule has 1 N–H and O–H groups in total. The molecular formula is C29H34F3NO6. The number of hydrogen-bond acceptors (Lipinski definition) is 6. The van der Waals surface area contributed by atoms with Gasteiger partial charge in [-0.15, -0.1) is 0 Å². The predicted molar refractivity (Wildman–Crippen MR) is 134 cm³/mol. The number of benzene rings is 2. The second-order valence-corrected chi connectivity index (χ2v) is 10.9. The molecule has 5 atom stereocenters. The summed E-state index contributed by atoms with van der Waals surface area (Å²) in [5.74, 6) is -3.14. The maximum atomic E-state index is 14.4. The Bertz CT molecular complexity index is 1140. The molecule has 39 heavy (non-hydrogen) atoms. The standard InChI is InChI=1S/C29H34F3NO6/c1-28(2)38-25-14-29(27(34)33-15-20-5-4-12-35-20,37-16-18-8-10-19(30)11-9-18)13-24(26(25)39-28)36-17-21-22(31)6-3-7-23(21)32/h3,6-11,20,24-26H,4-5,12-17H2,1-2H3,(H,33,34)/t20?,24?,25-,26+,29-/m1/s1. The molecule has 2 aromatic carbocycles. The Balaban J connectivity index is 1.40. The average molecular weight is 550 g/mol. The summed E-state index contributed by atoms with van der Waals surface area (Å²) in [5, 5.41) is 2.97. The van der Waals surface area contributed by atoms with Gasteiger partial charge < -0.3 is 29.0 Å². The van der Waals surface area contributed by atoms with Gasteiger partial charge in [0, 0.05) is 31.6 Å². The zero-order chi connectivity index (χ0) is 27.6. The van der Waals surface area contributed by atoms with Gasteiger partial charge in [-0.25, -0.2) is 13.2 Å². The molecule has 2 unspecified atom stereocenters. The summed E-state index contributed by atoms with van der Waals surface area (Å²) >= 11 is 0. The second-order valence-electron chi connectivity index (χ2n) is 10.9. The molecule has 2 saturated heterocycles. The van der Waals surface area contributed by atoms with E-state index in [2.05, 4.69) is 5.32 Å². The Morgan fingerprint density at radius 3 is 2.46 bits per heavy atom. The van der Waals surface area contributed by atoms with E-state index in [-0.39, 0.29) is 49.4 Å². The van der Waals surface area contributed by atoms with Gasteiger partial charge in [-0.1, -0.05) is 18.2 Å². The minimum Gasteiger partial charge on any atom is -0.376 e. The zero-order valence-electron chi connectivity index (χ0n) is 22.1. The molecule has 2 aromatic rings. The summed E-state index contributed by atoms with van der Waals surface area (Å²) in [5.41, 5.74) is -0.936. The molecule has 0 bridgehead atoms. The number of carbonyl (C=O) groups is 1. The summed E-state index contributed by atoms with van der Waals surface area (Å²) in [6.45, 7) is 4.17. The molecule has 3 fully saturated rings. The first kappa shape index (κ1) is 28.0. The summed E-state index contributed by atoms with van der Waals surface area (Å²) < 4.78 is 72.5. The van der Waals surface area contributed by atoms with Crippen molar-refractivity contribution >= 4 is 5.91 Å². The van der Waals surface area contributed by atoms with E-state index in [0.717, 1.165) is 12.8 Å². The van der Waals surface area contributed by atoms with Crippen molar-refractivity contribution in [1.82, 2.24) is 5.32 Å². The normalized spacial score (nSPS) is 29.8. The molecule has 2 heterocycles. The van der Waals surface area contributed by atoms with E-state index in [9.17, 15) is 18.0 Å². The van der Waals surface area contributed by atoms with Crippen LogP contribution in [-0.4, -0.2) is 54.9 Å². The second kappa shape index (κ2) is 11.5. The molecule has 0 spiro atoms. The van der Waals surface area contributed by atoms with Gasteiger partial charge in [0.15, 0.2) is 11.4 Å². The van der Waals surface area contributed by atoms with E-state index in [4.69, 9.17) is 23.7 Å². The zero-order valence-corrected chi connectivity index (χ0v) is 22.1. The largest absolute Gasteiger partial charge is 0.376 e. The van der Waals surface area contributed by atoms with Gasteiger partial charge in [-0.05, 0) is 56.5 Å². The van der Waals surface area contributed by atoms with Crippen LogP contribution in [0.1, 0.15) is 50.7 Å². The van der Waals surface area contributed by atoms with Crippen molar-refractivity contribution in [1.29, 1.82) is 0 Å². The van der Waals surface area contributed by atoms with Crippen LogP contribution in [-0.2, 0) is 41.7 Å². The average Bonchev–Trinajstić information content (AvgIpc) is 3.53. The molecule has 1 aliphatic carbocycles. The number of fused-ring (bicyclic) bond motifs is 1. The molecule has 212 valence electrons. The lowest BCUT2D eigenvalue weighted by Gasteiger charge is -2.43. The van der Waals surface area contributed by atoms with Crippen LogP contribution in [0.3, 0.4) is 0 Å². The van der Waals surface area contributed by atoms with Crippen molar-refractivity contribution in [2.24, 2.45) is 0 Å². The maximum absolute atomic E-state index is 14.4. The van der Waals surface area contributed by atoms with Crippen LogP contribution in [0.25, 0.3) is 0 Å². The van der Waals surface area contributed by atoms with Gasteiger partial charge >= 0.3 is 0 Å². The van der Waals surface area contributed by atoms with Crippen LogP contribution in [0.15, 0.2) is 42.5 Å². The van der Waals surface area contributed by atoms with E-state index in [1.165, 1.54) is 30.3 Å². The van der Waals surface area contributed by atoms with Crippen molar-refractivity contribution in [3.8, 4) is 0 Å². The third-order valence-corrected chi connectivity index (χ3v) is 7.51. The fourth-order valence-electron chi connectivity index (χ4n) is 5.54. The number of rotatable bonds is 9. The summed E-state index contributed by atoms with van der Waals surface area (Å²) in [6, 6.07) is 9.44. The molecule has 2 aliphatic heterocycles. The Morgan fingerprint density at radius 1 is 1.03 bits per heavy atom. The quantitative estimate of drug-likeness (QED) is 0.495. The first-order chi connectivity index (χ1) is 18.6. The van der Waals surface area contributed by atoms with E-state index in [1.807, 2.05) is 0 Å². The smallest absolute Gasteiger partial charge is 0.252 e. The number of halogens is 3. The fourth-order valence-corrected chi connectivity index (χ4v) is 5.54. The molecule has 5 rings (SSSR count). The first-order valence-corrected chi connectivity index (χ1v) is 13.3. The highest BCUT2D eigenvalue weighted by Gasteiger charge is 2.58. The molecule has 10 heteroatoms. The van der Waals surface area contributed by atoms with Gasteiger partial charge in [0.05, 0.1) is 31.5 Å². The van der Waals surface area contributed by atoms with E-state index in [1.54, 1.807) is 26.0 Å². The third kappa shape index (κ3) is 6.47. The van der Waals surface area contributed by atoms with Crippen molar-refractivity contribution in [3.63, 3.8) is 0 Å². The first-order valence-electron chi connectivity index (χ1n) is 13.3. The van der Waals surface area contributed by atoms with Crippen LogP contribution in [0.2, 0.25) is 0 Å². The molecule has 0 aromatic heterocycles. The van der Waals surface area contributed by atoms with Gasteiger partial charge in [-0.2, -0.15) is 0 Å². The van der Waals surface area contributed by atoms with Crippen molar-refractivity contribution < 1.29 is 41.7 Å². The van der Waals surface area contributed by atoms with Crippen LogP contribution in [0.4, 0.5) is 13.2 Å². The minimum atomic E-state index is -1.41. The van der Waals surface area contributed by atoms with E-state index in [0.29, 0.717) is 18.7 Å². The van der Waals surface area contributed by atoms with Crippen LogP contribution in [0.5, 0.6) is 0 Å². The summed E-state index contributed by atoms with van der Waals surface area (Å²) in [7, 11) is 0. The lowest BCUT2D eigenvalue weighted by molar-refractivity contribution is -0.184. The number of ether oxygens (including phenoxy) is 5. The Morgan fingerprint density at radius 2 is 1.77 bits per heavy atom. The Kier molecular flexibility index (Phi) is 8.30. The highest BCUT2D eigenvalue weighted by Crippen LogP contribution is 2.44. The molecule has 3 aliphatic rings. The predicted octanol–water partition coefficient (Wildman–Crippen LogP) is 4.55. The molecular weight excluding hydrogens is 515 g/mol. The van der Waals surface area contributed by atoms with Gasteiger partial charge in [0.2, 0.25) is 0 Å². The molecule has 1 saturated carbocycles. The highest BCUT2D eigenvalue weighted by atomic mass is 19.1. The number of nitrogens with one attached hydrogen (secondary N) is 1. The van der Waals surface area contributed by atoms with Crippen molar-refractivity contribution in [2.45, 2.75) is 88.5 Å². The monoisotopic (exact) mass is 549 g/mol. The minimum absolute atomic E-state index is 0.0317. The number of amides is 1. The molecule has 7 nitrogen and oxygen atoms in total. The van der Waals surface area contributed by atoms with Crippen LogP contribution < -0.4 is 5.32 Å². The number of carbonyl (C=O) groups excluding carboxylic acids is 1. The van der Waals surface area contributed by atoms with Gasteiger partial charge in [-0.3, -0.25) is 4.79 Å². The van der Waals surface area contributed by atoms with Gasteiger partial charge in [0.25, 0.3) is 5.91 Å². The van der Waals surface area contributed by atoms with Crippen LogP contribution in [0, 0.1) is 17.5 Å². The third-order valence-electron chi connectivity index (χ3n) is 7.51. The number of hydrogen-bond donors (Lipinski definition) is 1. The maximum Gasteiger partial charge on any atom is 0.252 e.